The van der Waals surface area contributed by atoms with Crippen LogP contribution in [0.1, 0.15) is 21.6 Å². The highest BCUT2D eigenvalue weighted by molar-refractivity contribution is 7.07. The summed E-state index contributed by atoms with van der Waals surface area (Å²) in [7, 11) is 1.49. The Balaban J connectivity index is 1.56. The second-order valence-corrected chi connectivity index (χ2v) is 6.52. The van der Waals surface area contributed by atoms with Crippen molar-refractivity contribution in [1.82, 2.24) is 15.8 Å². The molecule has 0 aliphatic carbocycles. The molecule has 0 aliphatic rings. The Kier molecular flexibility index (Phi) is 6.59. The van der Waals surface area contributed by atoms with Gasteiger partial charge < -0.3 is 9.47 Å². The Hall–Kier alpha value is -3.39. The van der Waals surface area contributed by atoms with Crippen LogP contribution < -0.4 is 20.3 Å². The van der Waals surface area contributed by atoms with Gasteiger partial charge in [0.05, 0.1) is 24.7 Å². The van der Waals surface area contributed by atoms with Crippen LogP contribution in [0.2, 0.25) is 0 Å². The Morgan fingerprint density at radius 2 is 1.89 bits per heavy atom. The molecule has 2 amide bonds. The third-order valence-corrected chi connectivity index (χ3v) is 4.44. The number of benzene rings is 2. The first-order valence-electron chi connectivity index (χ1n) is 8.46. The average molecular weight is 397 g/mol. The molecule has 1 heterocycles. The third-order valence-electron chi connectivity index (χ3n) is 3.81. The fourth-order valence-electron chi connectivity index (χ4n) is 2.41. The van der Waals surface area contributed by atoms with Crippen LogP contribution >= 0.6 is 11.3 Å². The van der Waals surface area contributed by atoms with E-state index in [1.807, 2.05) is 35.7 Å². The molecule has 0 atom stereocenters. The van der Waals surface area contributed by atoms with Crippen molar-refractivity contribution in [2.75, 3.05) is 7.11 Å². The maximum Gasteiger partial charge on any atom is 0.269 e. The van der Waals surface area contributed by atoms with Gasteiger partial charge in [0, 0.05) is 10.9 Å². The molecule has 0 aliphatic heterocycles. The lowest BCUT2D eigenvalue weighted by atomic mass is 10.1. The number of nitrogens with zero attached hydrogens (tertiary/aromatic N) is 1. The zero-order valence-electron chi connectivity index (χ0n) is 15.2. The number of rotatable bonds is 7. The number of ether oxygens (including phenoxy) is 2. The summed E-state index contributed by atoms with van der Waals surface area (Å²) in [5.41, 5.74) is 8.54. The molecule has 2 N–H and O–H groups in total. The maximum absolute atomic E-state index is 12.3. The smallest absolute Gasteiger partial charge is 0.269 e. The first kappa shape index (κ1) is 19.4. The van der Waals surface area contributed by atoms with Crippen LogP contribution in [0.4, 0.5) is 0 Å². The van der Waals surface area contributed by atoms with Gasteiger partial charge in [0.1, 0.15) is 6.61 Å². The Labute approximate surface area is 166 Å². The van der Waals surface area contributed by atoms with Crippen molar-refractivity contribution >= 4 is 23.2 Å². The number of nitrogens with one attached hydrogen (secondary N) is 2. The molecule has 7 nitrogen and oxygen atoms in total. The van der Waals surface area contributed by atoms with Gasteiger partial charge in [-0.2, -0.15) is 0 Å². The summed E-state index contributed by atoms with van der Waals surface area (Å²) in [6.07, 6.45) is 0.174. The van der Waals surface area contributed by atoms with E-state index in [0.717, 1.165) is 11.3 Å². The quantitative estimate of drug-likeness (QED) is 0.599. The number of methoxy groups -OCH3 is 1. The highest BCUT2D eigenvalue weighted by atomic mass is 32.1. The summed E-state index contributed by atoms with van der Waals surface area (Å²) in [5, 5.41) is 1.90. The van der Waals surface area contributed by atoms with Gasteiger partial charge in [0.25, 0.3) is 5.91 Å². The van der Waals surface area contributed by atoms with Crippen molar-refractivity contribution in [3.63, 3.8) is 0 Å². The minimum Gasteiger partial charge on any atom is -0.493 e. The molecule has 0 fully saturated rings. The van der Waals surface area contributed by atoms with Crippen LogP contribution in [0.5, 0.6) is 11.5 Å². The topological polar surface area (TPSA) is 89.6 Å². The molecule has 0 radical (unpaired) electrons. The minimum absolute atomic E-state index is 0.174. The molecular weight excluding hydrogens is 378 g/mol. The highest BCUT2D eigenvalue weighted by Gasteiger charge is 2.13. The second-order valence-electron chi connectivity index (χ2n) is 5.80. The fourth-order valence-corrected chi connectivity index (χ4v) is 2.96. The van der Waals surface area contributed by atoms with Crippen LogP contribution in [0.25, 0.3) is 0 Å². The van der Waals surface area contributed by atoms with Gasteiger partial charge in [0.2, 0.25) is 5.91 Å². The van der Waals surface area contributed by atoms with Crippen molar-refractivity contribution in [2.24, 2.45) is 0 Å². The summed E-state index contributed by atoms with van der Waals surface area (Å²) in [6.45, 7) is 0.306. The average Bonchev–Trinajstić information content (AvgIpc) is 3.24. The molecule has 3 aromatic rings. The monoisotopic (exact) mass is 397 g/mol. The van der Waals surface area contributed by atoms with Gasteiger partial charge in [-0.1, -0.05) is 30.3 Å². The van der Waals surface area contributed by atoms with E-state index < -0.39 is 5.91 Å². The molecule has 0 unspecified atom stereocenters. The summed E-state index contributed by atoms with van der Waals surface area (Å²) in [6, 6.07) is 14.1. The normalized spacial score (nSPS) is 10.2. The van der Waals surface area contributed by atoms with Crippen molar-refractivity contribution < 1.29 is 19.1 Å². The number of thiazole rings is 1. The summed E-state index contributed by atoms with van der Waals surface area (Å²) in [5.74, 6) is 0.152. The molecule has 2 aromatic carbocycles. The predicted octanol–water partition coefficient (Wildman–Crippen LogP) is 2.73. The number of aromatic nitrogens is 1. The first-order valence-corrected chi connectivity index (χ1v) is 9.41. The van der Waals surface area contributed by atoms with Crippen LogP contribution in [0.3, 0.4) is 0 Å². The standard InChI is InChI=1S/C20H19N3O4S/c1-26-18-10-15(7-8-17(18)27-11-16-12-28-13-21-16)20(25)23-22-19(24)9-14-5-3-2-4-6-14/h2-8,10,12-13H,9,11H2,1H3,(H,22,24)(H,23,25). The number of hydrogen-bond acceptors (Lipinski definition) is 6. The van der Waals surface area contributed by atoms with Gasteiger partial charge in [-0.3, -0.25) is 20.4 Å². The first-order chi connectivity index (χ1) is 13.7. The van der Waals surface area contributed by atoms with E-state index in [9.17, 15) is 9.59 Å². The van der Waals surface area contributed by atoms with Gasteiger partial charge in [0.15, 0.2) is 11.5 Å². The molecular formula is C20H19N3O4S. The third kappa shape index (κ3) is 5.31. The number of amides is 2. The van der Waals surface area contributed by atoms with E-state index >= 15 is 0 Å². The van der Waals surface area contributed by atoms with Gasteiger partial charge in [-0.15, -0.1) is 11.3 Å². The maximum atomic E-state index is 12.3. The highest BCUT2D eigenvalue weighted by Crippen LogP contribution is 2.28. The van der Waals surface area contributed by atoms with Crippen molar-refractivity contribution in [3.05, 3.63) is 76.2 Å². The van der Waals surface area contributed by atoms with E-state index in [1.54, 1.807) is 23.7 Å². The van der Waals surface area contributed by atoms with Gasteiger partial charge in [-0.05, 0) is 23.8 Å². The minimum atomic E-state index is -0.453. The molecule has 0 saturated carbocycles. The van der Waals surface area contributed by atoms with Gasteiger partial charge >= 0.3 is 0 Å². The fraction of sp³-hybridized carbons (Fsp3) is 0.150. The zero-order chi connectivity index (χ0) is 19.8. The molecule has 0 bridgehead atoms. The van der Waals surface area contributed by atoms with Crippen molar-refractivity contribution in [3.8, 4) is 11.5 Å². The van der Waals surface area contributed by atoms with E-state index in [-0.39, 0.29) is 12.3 Å². The zero-order valence-corrected chi connectivity index (χ0v) is 16.0. The van der Waals surface area contributed by atoms with Crippen LogP contribution in [0, 0.1) is 0 Å². The molecule has 3 rings (SSSR count). The second kappa shape index (κ2) is 9.52. The lowest BCUT2D eigenvalue weighted by molar-refractivity contribution is -0.121. The van der Waals surface area contributed by atoms with E-state index in [0.29, 0.717) is 23.7 Å². The largest absolute Gasteiger partial charge is 0.493 e. The van der Waals surface area contributed by atoms with E-state index in [2.05, 4.69) is 15.8 Å². The number of carbonyl (C=O) groups is 2. The molecule has 28 heavy (non-hydrogen) atoms. The number of hydrogen-bond donors (Lipinski definition) is 2. The lowest BCUT2D eigenvalue weighted by Gasteiger charge is -2.12. The van der Waals surface area contributed by atoms with Crippen LogP contribution in [-0.4, -0.2) is 23.9 Å². The van der Waals surface area contributed by atoms with Crippen LogP contribution in [-0.2, 0) is 17.8 Å². The Bertz CT molecular complexity index is 930. The Morgan fingerprint density at radius 1 is 1.07 bits per heavy atom. The molecule has 1 aromatic heterocycles. The predicted molar refractivity (Wildman–Crippen MR) is 105 cm³/mol. The summed E-state index contributed by atoms with van der Waals surface area (Å²) in [4.78, 5) is 28.4. The van der Waals surface area contributed by atoms with Crippen LogP contribution in [0.15, 0.2) is 59.4 Å². The molecule has 144 valence electrons. The summed E-state index contributed by atoms with van der Waals surface area (Å²) < 4.78 is 11.0. The summed E-state index contributed by atoms with van der Waals surface area (Å²) >= 11 is 1.49. The van der Waals surface area contributed by atoms with E-state index in [1.165, 1.54) is 18.4 Å². The van der Waals surface area contributed by atoms with Crippen molar-refractivity contribution in [1.29, 1.82) is 0 Å². The van der Waals surface area contributed by atoms with Crippen molar-refractivity contribution in [2.45, 2.75) is 13.0 Å². The number of carbonyl (C=O) groups excluding carboxylic acids is 2. The molecule has 8 heteroatoms. The lowest BCUT2D eigenvalue weighted by Crippen LogP contribution is -2.42. The SMILES string of the molecule is COc1cc(C(=O)NNC(=O)Cc2ccccc2)ccc1OCc1cscn1. The number of hydrazine groups is 1. The Morgan fingerprint density at radius 3 is 2.61 bits per heavy atom. The molecule has 0 saturated heterocycles. The van der Waals surface area contributed by atoms with E-state index in [4.69, 9.17) is 9.47 Å². The van der Waals surface area contributed by atoms with Gasteiger partial charge in [-0.25, -0.2) is 4.98 Å². The molecule has 0 spiro atoms.